The first-order valence-electron chi connectivity index (χ1n) is 7.99. The van der Waals surface area contributed by atoms with Crippen molar-refractivity contribution in [3.05, 3.63) is 36.4 Å². The van der Waals surface area contributed by atoms with Gasteiger partial charge in [-0.15, -0.1) is 0 Å². The Morgan fingerprint density at radius 2 is 2.17 bits per heavy atom. The van der Waals surface area contributed by atoms with Gasteiger partial charge in [0, 0.05) is 38.5 Å². The lowest BCUT2D eigenvalue weighted by molar-refractivity contribution is -0.174. The molecule has 8 heteroatoms. The minimum atomic E-state index is -0.310. The van der Waals surface area contributed by atoms with Crippen LogP contribution in [0.3, 0.4) is 0 Å². The summed E-state index contributed by atoms with van der Waals surface area (Å²) < 4.78 is 13.4. The van der Waals surface area contributed by atoms with Gasteiger partial charge >= 0.3 is 6.01 Å². The fraction of sp³-hybridized carbons (Fsp3) is 0.500. The van der Waals surface area contributed by atoms with Gasteiger partial charge in [0.25, 0.3) is 5.91 Å². The first-order chi connectivity index (χ1) is 11.6. The Balaban J connectivity index is 1.36. The molecule has 2 aromatic rings. The van der Waals surface area contributed by atoms with Gasteiger partial charge in [0.1, 0.15) is 11.7 Å². The molecule has 0 saturated carbocycles. The van der Waals surface area contributed by atoms with Crippen LogP contribution < -0.4 is 4.74 Å². The van der Waals surface area contributed by atoms with Crippen molar-refractivity contribution in [3.8, 4) is 6.01 Å². The van der Waals surface area contributed by atoms with Crippen LogP contribution in [-0.2, 0) is 11.8 Å². The van der Waals surface area contributed by atoms with Crippen molar-refractivity contribution >= 4 is 5.91 Å². The molecule has 8 nitrogen and oxygen atoms in total. The minimum absolute atomic E-state index is 0.00763. The van der Waals surface area contributed by atoms with Crippen LogP contribution >= 0.6 is 0 Å². The standard InChI is InChI=1S/C16H19N5O3/c1-20-9-12(8-19-20)14(22)21-10-16(11-21)7-13(3-6-23-16)24-15-17-4-2-5-18-15/h2,4-5,8-9,13H,3,6-7,10-11H2,1H3. The molecule has 0 N–H and O–H groups in total. The van der Waals surface area contributed by atoms with Crippen LogP contribution in [0.5, 0.6) is 6.01 Å². The second-order valence-electron chi connectivity index (χ2n) is 6.36. The molecule has 1 unspecified atom stereocenters. The molecule has 1 amide bonds. The Morgan fingerprint density at radius 3 is 2.88 bits per heavy atom. The van der Waals surface area contributed by atoms with Crippen molar-refractivity contribution in [3.63, 3.8) is 0 Å². The molecule has 4 rings (SSSR count). The number of carbonyl (C=O) groups is 1. The summed E-state index contributed by atoms with van der Waals surface area (Å²) in [7, 11) is 1.80. The van der Waals surface area contributed by atoms with Gasteiger partial charge in [0.15, 0.2) is 0 Å². The number of hydrogen-bond donors (Lipinski definition) is 0. The molecule has 24 heavy (non-hydrogen) atoms. The van der Waals surface area contributed by atoms with Crippen LogP contribution in [0.2, 0.25) is 0 Å². The molecule has 0 radical (unpaired) electrons. The quantitative estimate of drug-likeness (QED) is 0.823. The lowest BCUT2D eigenvalue weighted by atomic mass is 9.84. The van der Waals surface area contributed by atoms with Crippen LogP contribution in [0.1, 0.15) is 23.2 Å². The summed E-state index contributed by atoms with van der Waals surface area (Å²) in [5.41, 5.74) is 0.295. The highest BCUT2D eigenvalue weighted by molar-refractivity contribution is 5.94. The highest BCUT2D eigenvalue weighted by atomic mass is 16.5. The number of hydrogen-bond acceptors (Lipinski definition) is 6. The van der Waals surface area contributed by atoms with E-state index in [0.29, 0.717) is 31.3 Å². The monoisotopic (exact) mass is 329 g/mol. The molecule has 0 aromatic carbocycles. The van der Waals surface area contributed by atoms with E-state index in [1.54, 1.807) is 47.5 Å². The number of aromatic nitrogens is 4. The molecule has 0 aliphatic carbocycles. The van der Waals surface area contributed by atoms with E-state index in [1.807, 2.05) is 0 Å². The van der Waals surface area contributed by atoms with Gasteiger partial charge in [-0.2, -0.15) is 5.10 Å². The van der Waals surface area contributed by atoms with Crippen molar-refractivity contribution in [2.24, 2.45) is 7.05 Å². The Hall–Kier alpha value is -2.48. The number of aryl methyl sites for hydroxylation is 1. The van der Waals surface area contributed by atoms with Crippen LogP contribution in [-0.4, -0.2) is 62.0 Å². The third-order valence-electron chi connectivity index (χ3n) is 4.46. The highest BCUT2D eigenvalue weighted by Crippen LogP contribution is 2.36. The van der Waals surface area contributed by atoms with Crippen LogP contribution in [0.15, 0.2) is 30.9 Å². The molecule has 1 atom stereocenters. The van der Waals surface area contributed by atoms with Crippen molar-refractivity contribution in [2.45, 2.75) is 24.5 Å². The molecule has 4 heterocycles. The second kappa shape index (κ2) is 5.86. The molecule has 2 aliphatic rings. The number of carbonyl (C=O) groups excluding carboxylic acids is 1. The van der Waals surface area contributed by atoms with E-state index in [0.717, 1.165) is 12.8 Å². The molecule has 1 spiro atoms. The van der Waals surface area contributed by atoms with Gasteiger partial charge in [-0.25, -0.2) is 9.97 Å². The molecule has 0 bridgehead atoms. The number of likely N-dealkylation sites (tertiary alicyclic amines) is 1. The second-order valence-corrected chi connectivity index (χ2v) is 6.36. The minimum Gasteiger partial charge on any atom is -0.460 e. The zero-order valence-electron chi connectivity index (χ0n) is 13.5. The van der Waals surface area contributed by atoms with Crippen LogP contribution in [0, 0.1) is 0 Å². The number of nitrogens with zero attached hydrogens (tertiary/aromatic N) is 5. The summed E-state index contributed by atoms with van der Waals surface area (Å²) in [6.07, 6.45) is 8.20. The first-order valence-corrected chi connectivity index (χ1v) is 7.99. The predicted octanol–water partition coefficient (Wildman–Crippen LogP) is 0.663. The summed E-state index contributed by atoms with van der Waals surface area (Å²) in [5.74, 6) is -0.00763. The van der Waals surface area contributed by atoms with Crippen LogP contribution in [0.25, 0.3) is 0 Å². The zero-order valence-corrected chi connectivity index (χ0v) is 13.5. The molecule has 2 aliphatic heterocycles. The lowest BCUT2D eigenvalue weighted by Crippen LogP contribution is -2.67. The van der Waals surface area contributed by atoms with E-state index in [2.05, 4.69) is 15.1 Å². The van der Waals surface area contributed by atoms with E-state index in [1.165, 1.54) is 0 Å². The molecular weight excluding hydrogens is 310 g/mol. The van der Waals surface area contributed by atoms with E-state index in [9.17, 15) is 4.79 Å². The third-order valence-corrected chi connectivity index (χ3v) is 4.46. The fourth-order valence-corrected chi connectivity index (χ4v) is 3.31. The average Bonchev–Trinajstić information content (AvgIpc) is 3.00. The van der Waals surface area contributed by atoms with E-state index < -0.39 is 0 Å². The SMILES string of the molecule is Cn1cc(C(=O)N2CC3(CC(Oc4ncccn4)CCO3)C2)cn1. The van der Waals surface area contributed by atoms with Crippen molar-refractivity contribution in [1.82, 2.24) is 24.6 Å². The predicted molar refractivity (Wildman–Crippen MR) is 83.5 cm³/mol. The largest absolute Gasteiger partial charge is 0.460 e. The van der Waals surface area contributed by atoms with E-state index >= 15 is 0 Å². The fourth-order valence-electron chi connectivity index (χ4n) is 3.31. The smallest absolute Gasteiger partial charge is 0.316 e. The Morgan fingerprint density at radius 1 is 1.38 bits per heavy atom. The molecule has 2 saturated heterocycles. The number of rotatable bonds is 3. The molecule has 126 valence electrons. The average molecular weight is 329 g/mol. The highest BCUT2D eigenvalue weighted by Gasteiger charge is 2.50. The summed E-state index contributed by atoms with van der Waals surface area (Å²) in [4.78, 5) is 22.4. The maximum atomic E-state index is 12.4. The Labute approximate surface area is 139 Å². The van der Waals surface area contributed by atoms with Gasteiger partial charge in [0.05, 0.1) is 31.5 Å². The maximum Gasteiger partial charge on any atom is 0.316 e. The van der Waals surface area contributed by atoms with Crippen molar-refractivity contribution < 1.29 is 14.3 Å². The van der Waals surface area contributed by atoms with Gasteiger partial charge in [-0.05, 0) is 6.07 Å². The topological polar surface area (TPSA) is 82.4 Å². The molecule has 2 aromatic heterocycles. The number of amides is 1. The summed E-state index contributed by atoms with van der Waals surface area (Å²) in [5, 5.41) is 4.05. The van der Waals surface area contributed by atoms with Gasteiger partial charge in [-0.1, -0.05) is 0 Å². The van der Waals surface area contributed by atoms with Crippen LogP contribution in [0.4, 0.5) is 0 Å². The Bertz CT molecular complexity index is 726. The van der Waals surface area contributed by atoms with E-state index in [4.69, 9.17) is 9.47 Å². The Kier molecular flexibility index (Phi) is 3.68. The maximum absolute atomic E-state index is 12.4. The summed E-state index contributed by atoms with van der Waals surface area (Å²) in [6.45, 7) is 1.78. The van der Waals surface area contributed by atoms with Gasteiger partial charge in [0.2, 0.25) is 0 Å². The lowest BCUT2D eigenvalue weighted by Gasteiger charge is -2.52. The number of ether oxygens (including phenoxy) is 2. The van der Waals surface area contributed by atoms with Gasteiger partial charge < -0.3 is 14.4 Å². The van der Waals surface area contributed by atoms with Gasteiger partial charge in [-0.3, -0.25) is 9.48 Å². The van der Waals surface area contributed by atoms with Crippen molar-refractivity contribution in [2.75, 3.05) is 19.7 Å². The van der Waals surface area contributed by atoms with Crippen molar-refractivity contribution in [1.29, 1.82) is 0 Å². The summed E-state index contributed by atoms with van der Waals surface area (Å²) >= 11 is 0. The third kappa shape index (κ3) is 2.84. The molecular formula is C16H19N5O3. The van der Waals surface area contributed by atoms with E-state index in [-0.39, 0.29) is 17.6 Å². The summed E-state index contributed by atoms with van der Waals surface area (Å²) in [6, 6.07) is 2.15. The zero-order chi connectivity index (χ0) is 16.6. The molecule has 2 fully saturated rings. The normalized spacial score (nSPS) is 22.2. The first kappa shape index (κ1) is 15.1.